The fraction of sp³-hybridized carbons (Fsp3) is 0.381. The van der Waals surface area contributed by atoms with Gasteiger partial charge in [-0.25, -0.2) is 4.98 Å². The molecule has 1 aliphatic rings. The van der Waals surface area contributed by atoms with E-state index < -0.39 is 11.3 Å². The summed E-state index contributed by atoms with van der Waals surface area (Å²) >= 11 is 0. The summed E-state index contributed by atoms with van der Waals surface area (Å²) in [5.41, 5.74) is 6.10. The van der Waals surface area contributed by atoms with E-state index in [1.54, 1.807) is 32.3 Å². The quantitative estimate of drug-likeness (QED) is 0.272. The topological polar surface area (TPSA) is 160 Å². The zero-order valence-corrected chi connectivity index (χ0v) is 18.2. The molecule has 2 rings (SSSR count). The van der Waals surface area contributed by atoms with Gasteiger partial charge in [0.05, 0.1) is 5.70 Å². The van der Waals surface area contributed by atoms with E-state index in [4.69, 9.17) is 16.6 Å². The van der Waals surface area contributed by atoms with Gasteiger partial charge in [-0.1, -0.05) is 19.9 Å². The minimum Gasteiger partial charge on any atom is -0.392 e. The normalized spacial score (nSPS) is 17.2. The van der Waals surface area contributed by atoms with E-state index in [-0.39, 0.29) is 29.2 Å². The highest BCUT2D eigenvalue weighted by molar-refractivity contribution is 6.10. The SMILES string of the molecule is CN/C=C(/NC(=O)c1cccc(N/C=C(\C=N)C(C)N)n1)C(=N)N1CCC(C)(C)C1=O. The van der Waals surface area contributed by atoms with Gasteiger partial charge in [0.2, 0.25) is 5.91 Å². The fourth-order valence-electron chi connectivity index (χ4n) is 2.92. The summed E-state index contributed by atoms with van der Waals surface area (Å²) in [6.45, 7) is 5.86. The smallest absolute Gasteiger partial charge is 0.274 e. The number of carbonyl (C=O) groups is 2. The minimum absolute atomic E-state index is 0.0805. The Morgan fingerprint density at radius 1 is 1.35 bits per heavy atom. The Morgan fingerprint density at radius 2 is 2.06 bits per heavy atom. The number of carbonyl (C=O) groups excluding carboxylic acids is 2. The van der Waals surface area contributed by atoms with Gasteiger partial charge in [-0.3, -0.25) is 19.9 Å². The predicted octanol–water partition coefficient (Wildman–Crippen LogP) is 1.40. The van der Waals surface area contributed by atoms with E-state index >= 15 is 0 Å². The van der Waals surface area contributed by atoms with Crippen molar-refractivity contribution in [3.8, 4) is 0 Å². The van der Waals surface area contributed by atoms with Gasteiger partial charge in [-0.15, -0.1) is 0 Å². The van der Waals surface area contributed by atoms with E-state index in [1.807, 2.05) is 13.8 Å². The second-order valence-electron chi connectivity index (χ2n) is 7.87. The Morgan fingerprint density at radius 3 is 2.61 bits per heavy atom. The molecule has 0 radical (unpaired) electrons. The molecule has 0 saturated carbocycles. The van der Waals surface area contributed by atoms with Crippen molar-refractivity contribution in [3.63, 3.8) is 0 Å². The standard InChI is InChI=1S/C21H30N8O2/c1-13(23)14(10-22)11-26-17-7-5-6-15(27-17)19(30)28-16(12-25-4)18(24)29-9-8-21(2,3)20(29)31/h5-7,10-13,22,24-25H,8-9,23H2,1-4H3,(H,26,27)(H,28,30)/b14-11+,16-12+,22-10?,24-18?. The Bertz CT molecular complexity index is 933. The van der Waals surface area contributed by atoms with Gasteiger partial charge in [-0.2, -0.15) is 0 Å². The van der Waals surface area contributed by atoms with Crippen molar-refractivity contribution in [3.05, 3.63) is 47.6 Å². The van der Waals surface area contributed by atoms with Crippen molar-refractivity contribution in [2.75, 3.05) is 18.9 Å². The van der Waals surface area contributed by atoms with Crippen molar-refractivity contribution >= 4 is 29.7 Å². The van der Waals surface area contributed by atoms with Gasteiger partial charge in [-0.05, 0) is 25.5 Å². The third-order valence-corrected chi connectivity index (χ3v) is 4.91. The van der Waals surface area contributed by atoms with Crippen molar-refractivity contribution in [1.82, 2.24) is 20.5 Å². The van der Waals surface area contributed by atoms with Crippen LogP contribution in [0.3, 0.4) is 0 Å². The van der Waals surface area contributed by atoms with Gasteiger partial charge in [0.15, 0.2) is 5.84 Å². The van der Waals surface area contributed by atoms with Crippen LogP contribution in [0.15, 0.2) is 41.9 Å². The first-order valence-electron chi connectivity index (χ1n) is 9.90. The average Bonchev–Trinajstić information content (AvgIpc) is 3.00. The molecule has 1 aliphatic heterocycles. The minimum atomic E-state index is -0.535. The summed E-state index contributed by atoms with van der Waals surface area (Å²) in [4.78, 5) is 31.0. The van der Waals surface area contributed by atoms with Crippen LogP contribution >= 0.6 is 0 Å². The molecule has 2 heterocycles. The number of hydrogen-bond donors (Lipinski definition) is 6. The highest BCUT2D eigenvalue weighted by Crippen LogP contribution is 2.31. The summed E-state index contributed by atoms with van der Waals surface area (Å²) in [5.74, 6) is -0.355. The summed E-state index contributed by atoms with van der Waals surface area (Å²) in [5, 5.41) is 24.2. The largest absolute Gasteiger partial charge is 0.392 e. The predicted molar refractivity (Wildman–Crippen MR) is 121 cm³/mol. The van der Waals surface area contributed by atoms with Crippen LogP contribution < -0.4 is 21.7 Å². The van der Waals surface area contributed by atoms with Gasteiger partial charge in [0, 0.05) is 49.2 Å². The Hall–Kier alpha value is -3.53. The highest BCUT2D eigenvalue weighted by Gasteiger charge is 2.41. The molecule has 1 aromatic heterocycles. The Kier molecular flexibility index (Phi) is 7.65. The van der Waals surface area contributed by atoms with Gasteiger partial charge in [0.25, 0.3) is 5.91 Å². The highest BCUT2D eigenvalue weighted by atomic mass is 16.2. The van der Waals surface area contributed by atoms with Crippen LogP contribution in [0.4, 0.5) is 5.82 Å². The number of aromatic nitrogens is 1. The molecule has 7 N–H and O–H groups in total. The number of amidine groups is 1. The molecule has 0 bridgehead atoms. The second-order valence-corrected chi connectivity index (χ2v) is 7.87. The maximum Gasteiger partial charge on any atom is 0.274 e. The number of pyridine rings is 1. The molecule has 10 nitrogen and oxygen atoms in total. The maximum absolute atomic E-state index is 12.8. The molecule has 0 aromatic carbocycles. The summed E-state index contributed by atoms with van der Waals surface area (Å²) in [6.07, 6.45) is 4.81. The third-order valence-electron chi connectivity index (χ3n) is 4.91. The van der Waals surface area contributed by atoms with Crippen molar-refractivity contribution in [2.24, 2.45) is 11.1 Å². The van der Waals surface area contributed by atoms with E-state index in [2.05, 4.69) is 20.9 Å². The fourth-order valence-corrected chi connectivity index (χ4v) is 2.92. The van der Waals surface area contributed by atoms with Crippen LogP contribution in [0, 0.1) is 16.2 Å². The molecule has 2 amide bonds. The average molecular weight is 427 g/mol. The Labute approximate surface area is 182 Å². The number of rotatable bonds is 8. The van der Waals surface area contributed by atoms with Crippen LogP contribution in [-0.4, -0.2) is 53.4 Å². The number of anilines is 1. The Balaban J connectivity index is 2.17. The number of nitrogens with two attached hydrogens (primary N) is 1. The summed E-state index contributed by atoms with van der Waals surface area (Å²) in [6, 6.07) is 4.55. The summed E-state index contributed by atoms with van der Waals surface area (Å²) in [7, 11) is 1.64. The molecule has 1 unspecified atom stereocenters. The molecule has 0 aliphatic carbocycles. The van der Waals surface area contributed by atoms with Gasteiger partial charge in [0.1, 0.15) is 11.5 Å². The molecular weight excluding hydrogens is 396 g/mol. The molecule has 1 atom stereocenters. The molecule has 1 aromatic rings. The van der Waals surface area contributed by atoms with Gasteiger partial charge < -0.3 is 27.1 Å². The molecular formula is C21H30N8O2. The van der Waals surface area contributed by atoms with Crippen LogP contribution in [0.1, 0.15) is 37.7 Å². The molecule has 166 valence electrons. The van der Waals surface area contributed by atoms with Gasteiger partial charge >= 0.3 is 0 Å². The van der Waals surface area contributed by atoms with Crippen molar-refractivity contribution < 1.29 is 9.59 Å². The first kappa shape index (κ1) is 23.7. The van der Waals surface area contributed by atoms with Crippen molar-refractivity contribution in [1.29, 1.82) is 10.8 Å². The molecule has 1 fully saturated rings. The number of amides is 2. The third kappa shape index (κ3) is 5.76. The van der Waals surface area contributed by atoms with Crippen LogP contribution in [0.25, 0.3) is 0 Å². The molecule has 0 spiro atoms. The lowest BCUT2D eigenvalue weighted by molar-refractivity contribution is -0.131. The zero-order chi connectivity index (χ0) is 23.2. The number of nitrogens with one attached hydrogen (secondary N) is 5. The molecule has 1 saturated heterocycles. The lowest BCUT2D eigenvalue weighted by Gasteiger charge is -2.22. The van der Waals surface area contributed by atoms with E-state index in [0.29, 0.717) is 24.4 Å². The second kappa shape index (κ2) is 9.98. The van der Waals surface area contributed by atoms with E-state index in [0.717, 1.165) is 6.21 Å². The molecule has 31 heavy (non-hydrogen) atoms. The number of likely N-dealkylation sites (tertiary alicyclic amines) is 1. The first-order valence-corrected chi connectivity index (χ1v) is 9.90. The summed E-state index contributed by atoms with van der Waals surface area (Å²) < 4.78 is 0. The van der Waals surface area contributed by atoms with Crippen molar-refractivity contribution in [2.45, 2.75) is 33.2 Å². The van der Waals surface area contributed by atoms with E-state index in [1.165, 1.54) is 17.2 Å². The number of nitrogens with zero attached hydrogens (tertiary/aromatic N) is 2. The lowest BCUT2D eigenvalue weighted by atomic mass is 9.92. The van der Waals surface area contributed by atoms with Crippen LogP contribution in [0.5, 0.6) is 0 Å². The lowest BCUT2D eigenvalue weighted by Crippen LogP contribution is -2.41. The molecule has 10 heteroatoms. The van der Waals surface area contributed by atoms with Crippen LogP contribution in [0.2, 0.25) is 0 Å². The number of hydrogen-bond acceptors (Lipinski definition) is 8. The monoisotopic (exact) mass is 426 g/mol. The van der Waals surface area contributed by atoms with E-state index in [9.17, 15) is 9.59 Å². The van der Waals surface area contributed by atoms with Crippen LogP contribution in [-0.2, 0) is 4.79 Å². The first-order chi connectivity index (χ1) is 14.6. The zero-order valence-electron chi connectivity index (χ0n) is 18.2. The maximum atomic E-state index is 12.8.